The van der Waals surface area contributed by atoms with Gasteiger partial charge in [-0.15, -0.1) is 0 Å². The Morgan fingerprint density at radius 1 is 1.06 bits per heavy atom. The predicted octanol–water partition coefficient (Wildman–Crippen LogP) is 4.41. The number of benzene rings is 2. The molecule has 1 amide bonds. The number of piperidine rings is 1. The number of ether oxygens (including phenoxy) is 2. The largest absolute Gasteiger partial charge is 0.493 e. The van der Waals surface area contributed by atoms with Gasteiger partial charge in [-0.1, -0.05) is 32.0 Å². The quantitative estimate of drug-likeness (QED) is 0.537. The van der Waals surface area contributed by atoms with Crippen molar-refractivity contribution in [2.75, 3.05) is 33.9 Å². The fourth-order valence-electron chi connectivity index (χ4n) is 4.49. The van der Waals surface area contributed by atoms with E-state index < -0.39 is 0 Å². The van der Waals surface area contributed by atoms with E-state index in [-0.39, 0.29) is 11.9 Å². The Kier molecular flexibility index (Phi) is 7.53. The molecule has 2 heterocycles. The zero-order valence-electron chi connectivity index (χ0n) is 20.5. The molecule has 2 aromatic carbocycles. The van der Waals surface area contributed by atoms with Gasteiger partial charge in [0.25, 0.3) is 5.91 Å². The summed E-state index contributed by atoms with van der Waals surface area (Å²) < 4.78 is 12.6. The normalized spacial score (nSPS) is 14.9. The van der Waals surface area contributed by atoms with Gasteiger partial charge in [0, 0.05) is 37.4 Å². The van der Waals surface area contributed by atoms with Crippen LogP contribution >= 0.6 is 0 Å². The molecular weight excluding hydrogens is 428 g/mol. The van der Waals surface area contributed by atoms with Crippen LogP contribution in [0, 0.1) is 5.92 Å². The van der Waals surface area contributed by atoms with Crippen LogP contribution in [0.2, 0.25) is 0 Å². The molecule has 1 N–H and O–H groups in total. The summed E-state index contributed by atoms with van der Waals surface area (Å²) in [5, 5.41) is 8.05. The number of likely N-dealkylation sites (tertiary alicyclic amines) is 1. The van der Waals surface area contributed by atoms with Crippen molar-refractivity contribution in [1.29, 1.82) is 0 Å². The van der Waals surface area contributed by atoms with Crippen LogP contribution in [0.25, 0.3) is 16.9 Å². The number of aromatic nitrogens is 2. The van der Waals surface area contributed by atoms with Crippen LogP contribution in [0.5, 0.6) is 11.5 Å². The molecule has 3 aromatic rings. The van der Waals surface area contributed by atoms with E-state index in [1.54, 1.807) is 18.9 Å². The highest BCUT2D eigenvalue weighted by Crippen LogP contribution is 2.33. The molecule has 0 radical (unpaired) electrons. The third-order valence-electron chi connectivity index (χ3n) is 6.18. The molecule has 1 aliphatic heterocycles. The third-order valence-corrected chi connectivity index (χ3v) is 6.18. The fourth-order valence-corrected chi connectivity index (χ4v) is 4.49. The molecule has 34 heavy (non-hydrogen) atoms. The first-order chi connectivity index (χ1) is 16.5. The standard InChI is InChI=1S/C27H34N4O3/c1-19(2)17-30-14-12-21(13-15-30)28-27(32)23-18-31(22-8-6-5-7-9-22)29-26(23)20-10-11-24(33-3)25(16-20)34-4/h5-11,16,18-19,21H,12-15,17H2,1-4H3,(H,28,32). The number of carbonyl (C=O) groups excluding carboxylic acids is 1. The number of carbonyl (C=O) groups is 1. The summed E-state index contributed by atoms with van der Waals surface area (Å²) in [4.78, 5) is 15.9. The second-order valence-corrected chi connectivity index (χ2v) is 9.18. The van der Waals surface area contributed by atoms with Gasteiger partial charge in [0.1, 0.15) is 5.69 Å². The molecule has 1 aromatic heterocycles. The lowest BCUT2D eigenvalue weighted by atomic mass is 10.0. The van der Waals surface area contributed by atoms with Crippen LogP contribution in [0.3, 0.4) is 0 Å². The van der Waals surface area contributed by atoms with Gasteiger partial charge in [0.2, 0.25) is 0 Å². The van der Waals surface area contributed by atoms with Crippen LogP contribution < -0.4 is 14.8 Å². The first kappa shape index (κ1) is 23.8. The maximum atomic E-state index is 13.5. The van der Waals surface area contributed by atoms with E-state index in [1.165, 1.54) is 0 Å². The van der Waals surface area contributed by atoms with Crippen LogP contribution in [0.15, 0.2) is 54.7 Å². The van der Waals surface area contributed by atoms with Crippen molar-refractivity contribution >= 4 is 5.91 Å². The van der Waals surface area contributed by atoms with Crippen molar-refractivity contribution in [3.8, 4) is 28.4 Å². The van der Waals surface area contributed by atoms with E-state index in [2.05, 4.69) is 24.1 Å². The summed E-state index contributed by atoms with van der Waals surface area (Å²) in [6.45, 7) is 7.61. The second kappa shape index (κ2) is 10.7. The first-order valence-corrected chi connectivity index (χ1v) is 11.9. The zero-order chi connectivity index (χ0) is 24.1. The fraction of sp³-hybridized carbons (Fsp3) is 0.407. The maximum Gasteiger partial charge on any atom is 0.255 e. The molecular formula is C27H34N4O3. The predicted molar refractivity (Wildman–Crippen MR) is 134 cm³/mol. The van der Waals surface area contributed by atoms with E-state index in [4.69, 9.17) is 14.6 Å². The topological polar surface area (TPSA) is 68.6 Å². The van der Waals surface area contributed by atoms with Crippen molar-refractivity contribution in [3.05, 3.63) is 60.3 Å². The average Bonchev–Trinajstić information content (AvgIpc) is 3.31. The minimum absolute atomic E-state index is 0.103. The van der Waals surface area contributed by atoms with E-state index in [9.17, 15) is 4.79 Å². The number of hydrogen-bond donors (Lipinski definition) is 1. The monoisotopic (exact) mass is 462 g/mol. The number of nitrogens with zero attached hydrogens (tertiary/aromatic N) is 3. The molecule has 4 rings (SSSR count). The second-order valence-electron chi connectivity index (χ2n) is 9.18. The highest BCUT2D eigenvalue weighted by molar-refractivity contribution is 6.00. The van der Waals surface area contributed by atoms with Gasteiger partial charge < -0.3 is 19.7 Å². The smallest absolute Gasteiger partial charge is 0.255 e. The van der Waals surface area contributed by atoms with Gasteiger partial charge in [0.05, 0.1) is 25.5 Å². The summed E-state index contributed by atoms with van der Waals surface area (Å²) in [7, 11) is 3.20. The summed E-state index contributed by atoms with van der Waals surface area (Å²) in [6, 6.07) is 15.6. The van der Waals surface area contributed by atoms with Crippen molar-refractivity contribution in [1.82, 2.24) is 20.0 Å². The lowest BCUT2D eigenvalue weighted by Crippen LogP contribution is -2.45. The van der Waals surface area contributed by atoms with Gasteiger partial charge in [-0.05, 0) is 49.1 Å². The SMILES string of the molecule is COc1ccc(-c2nn(-c3ccccc3)cc2C(=O)NC2CCN(CC(C)C)CC2)cc1OC. The number of methoxy groups -OCH3 is 2. The van der Waals surface area contributed by atoms with E-state index >= 15 is 0 Å². The lowest BCUT2D eigenvalue weighted by Gasteiger charge is -2.33. The molecule has 0 unspecified atom stereocenters. The van der Waals surface area contributed by atoms with Gasteiger partial charge >= 0.3 is 0 Å². The molecule has 0 spiro atoms. The Hall–Kier alpha value is -3.32. The van der Waals surface area contributed by atoms with E-state index in [0.29, 0.717) is 28.7 Å². The van der Waals surface area contributed by atoms with E-state index in [0.717, 1.165) is 43.7 Å². The summed E-state index contributed by atoms with van der Waals surface area (Å²) in [5.74, 6) is 1.78. The molecule has 7 heteroatoms. The van der Waals surface area contributed by atoms with Crippen molar-refractivity contribution < 1.29 is 14.3 Å². The molecule has 1 saturated heterocycles. The van der Waals surface area contributed by atoms with Crippen LogP contribution in [-0.4, -0.2) is 60.5 Å². The zero-order valence-corrected chi connectivity index (χ0v) is 20.5. The Morgan fingerprint density at radius 3 is 2.41 bits per heavy atom. The summed E-state index contributed by atoms with van der Waals surface area (Å²) in [6.07, 6.45) is 3.72. The third kappa shape index (κ3) is 5.42. The average molecular weight is 463 g/mol. The molecule has 0 aliphatic carbocycles. The van der Waals surface area contributed by atoms with Crippen molar-refractivity contribution in [2.45, 2.75) is 32.7 Å². The number of amides is 1. The Morgan fingerprint density at radius 2 is 1.76 bits per heavy atom. The van der Waals surface area contributed by atoms with Crippen molar-refractivity contribution in [2.24, 2.45) is 5.92 Å². The highest BCUT2D eigenvalue weighted by atomic mass is 16.5. The molecule has 1 fully saturated rings. The first-order valence-electron chi connectivity index (χ1n) is 11.9. The Bertz CT molecular complexity index is 1100. The molecule has 0 bridgehead atoms. The molecule has 7 nitrogen and oxygen atoms in total. The van der Waals surface area contributed by atoms with E-state index in [1.807, 2.05) is 54.7 Å². The summed E-state index contributed by atoms with van der Waals surface area (Å²) in [5.41, 5.74) is 2.84. The Balaban J connectivity index is 1.61. The van der Waals surface area contributed by atoms with Gasteiger partial charge in [0.15, 0.2) is 11.5 Å². The van der Waals surface area contributed by atoms with Gasteiger partial charge in [-0.3, -0.25) is 4.79 Å². The van der Waals surface area contributed by atoms with Crippen LogP contribution in [0.4, 0.5) is 0 Å². The lowest BCUT2D eigenvalue weighted by molar-refractivity contribution is 0.0908. The number of hydrogen-bond acceptors (Lipinski definition) is 5. The van der Waals surface area contributed by atoms with Crippen LogP contribution in [0.1, 0.15) is 37.0 Å². The number of rotatable bonds is 8. The van der Waals surface area contributed by atoms with Gasteiger partial charge in [-0.2, -0.15) is 5.10 Å². The van der Waals surface area contributed by atoms with Crippen LogP contribution in [-0.2, 0) is 0 Å². The number of nitrogens with one attached hydrogen (secondary N) is 1. The molecule has 180 valence electrons. The minimum atomic E-state index is -0.103. The summed E-state index contributed by atoms with van der Waals surface area (Å²) >= 11 is 0. The van der Waals surface area contributed by atoms with Crippen molar-refractivity contribution in [3.63, 3.8) is 0 Å². The minimum Gasteiger partial charge on any atom is -0.493 e. The Labute approximate surface area is 201 Å². The maximum absolute atomic E-state index is 13.5. The number of para-hydroxylation sites is 1. The highest BCUT2D eigenvalue weighted by Gasteiger charge is 2.25. The molecule has 0 saturated carbocycles. The molecule has 1 aliphatic rings. The molecule has 0 atom stereocenters. The van der Waals surface area contributed by atoms with Gasteiger partial charge in [-0.25, -0.2) is 4.68 Å².